The minimum atomic E-state index is -0.280. The molecule has 9 nitrogen and oxygen atoms in total. The lowest BCUT2D eigenvalue weighted by molar-refractivity contribution is 0.00970. The molecule has 3 aliphatic heterocycles. The van der Waals surface area contributed by atoms with Crippen molar-refractivity contribution in [2.75, 3.05) is 57.1 Å². The molecule has 1 aromatic heterocycles. The number of nitrogens with two attached hydrogens (primary N) is 1. The van der Waals surface area contributed by atoms with Crippen molar-refractivity contribution in [3.05, 3.63) is 40.1 Å². The molecule has 1 unspecified atom stereocenters. The number of nitrogens with zero attached hydrogens (tertiary/aromatic N) is 5. The van der Waals surface area contributed by atoms with Gasteiger partial charge in [-0.05, 0) is 18.1 Å². The van der Waals surface area contributed by atoms with Crippen LogP contribution in [-0.2, 0) is 28.9 Å². The highest BCUT2D eigenvalue weighted by Gasteiger charge is 2.37. The van der Waals surface area contributed by atoms with Gasteiger partial charge < -0.3 is 24.8 Å². The molecule has 2 saturated heterocycles. The highest BCUT2D eigenvalue weighted by Crippen LogP contribution is 2.39. The Morgan fingerprint density at radius 2 is 2.03 bits per heavy atom. The van der Waals surface area contributed by atoms with E-state index >= 15 is 0 Å². The Morgan fingerprint density at radius 3 is 2.74 bits per heavy atom. The zero-order valence-electron chi connectivity index (χ0n) is 19.9. The quantitative estimate of drug-likeness (QED) is 0.644. The molecule has 180 valence electrons. The number of anilines is 2. The van der Waals surface area contributed by atoms with Gasteiger partial charge in [0.1, 0.15) is 11.9 Å². The van der Waals surface area contributed by atoms with Crippen molar-refractivity contribution < 1.29 is 14.2 Å². The molecule has 2 aromatic rings. The Labute approximate surface area is 200 Å². The molecule has 5 rings (SSSR count). The Kier molecular flexibility index (Phi) is 6.55. The summed E-state index contributed by atoms with van der Waals surface area (Å²) < 4.78 is 17.3. The molecular weight excluding hydrogens is 432 g/mol. The second-order valence-electron chi connectivity index (χ2n) is 9.13. The molecular formula is C25H32N6O3. The van der Waals surface area contributed by atoms with Crippen molar-refractivity contribution in [1.29, 1.82) is 5.26 Å². The SMILES string of the molecule is CCCc1ccc(N)c(C#N)c1C1Cc2nc(OC)nc(N3CC(N4CCOCC4)C3)c2CO1. The topological polar surface area (TPSA) is 110 Å². The zero-order valence-corrected chi connectivity index (χ0v) is 19.9. The number of methoxy groups -OCH3 is 1. The second kappa shape index (κ2) is 9.74. The van der Waals surface area contributed by atoms with E-state index in [1.165, 1.54) is 0 Å². The fourth-order valence-corrected chi connectivity index (χ4v) is 5.23. The third-order valence-electron chi connectivity index (χ3n) is 7.09. The highest BCUT2D eigenvalue weighted by molar-refractivity contribution is 5.62. The number of morpholine rings is 1. The van der Waals surface area contributed by atoms with Crippen molar-refractivity contribution in [2.45, 2.75) is 44.9 Å². The summed E-state index contributed by atoms with van der Waals surface area (Å²) in [6.07, 6.45) is 2.12. The number of nitriles is 1. The van der Waals surface area contributed by atoms with Crippen molar-refractivity contribution in [2.24, 2.45) is 0 Å². The second-order valence-corrected chi connectivity index (χ2v) is 9.13. The van der Waals surface area contributed by atoms with E-state index in [1.54, 1.807) is 7.11 Å². The molecule has 0 radical (unpaired) electrons. The predicted octanol–water partition coefficient (Wildman–Crippen LogP) is 2.23. The molecule has 9 heteroatoms. The van der Waals surface area contributed by atoms with Crippen LogP contribution in [0, 0.1) is 11.3 Å². The average Bonchev–Trinajstić information content (AvgIpc) is 2.84. The molecule has 1 aromatic carbocycles. The summed E-state index contributed by atoms with van der Waals surface area (Å²) in [6, 6.07) is 7.03. The molecule has 34 heavy (non-hydrogen) atoms. The van der Waals surface area contributed by atoms with E-state index < -0.39 is 0 Å². The molecule has 0 aliphatic carbocycles. The number of hydrogen-bond donors (Lipinski definition) is 1. The minimum Gasteiger partial charge on any atom is -0.467 e. The number of ether oxygens (including phenoxy) is 3. The lowest BCUT2D eigenvalue weighted by atomic mass is 9.89. The maximum Gasteiger partial charge on any atom is 0.318 e. The van der Waals surface area contributed by atoms with E-state index in [4.69, 9.17) is 29.9 Å². The van der Waals surface area contributed by atoms with E-state index in [-0.39, 0.29) is 6.10 Å². The van der Waals surface area contributed by atoms with Crippen LogP contribution >= 0.6 is 0 Å². The molecule has 0 spiro atoms. The number of nitrogen functional groups attached to an aromatic ring is 1. The molecule has 2 N–H and O–H groups in total. The van der Waals surface area contributed by atoms with E-state index in [2.05, 4.69) is 22.8 Å². The van der Waals surface area contributed by atoms with Crippen LogP contribution in [0.25, 0.3) is 0 Å². The zero-order chi connectivity index (χ0) is 23.7. The summed E-state index contributed by atoms with van der Waals surface area (Å²) in [5.74, 6) is 0.895. The number of fused-ring (bicyclic) bond motifs is 1. The van der Waals surface area contributed by atoms with Crippen LogP contribution in [0.3, 0.4) is 0 Å². The predicted molar refractivity (Wildman–Crippen MR) is 128 cm³/mol. The van der Waals surface area contributed by atoms with Crippen molar-refractivity contribution in [3.8, 4) is 12.1 Å². The summed E-state index contributed by atoms with van der Waals surface area (Å²) >= 11 is 0. The third kappa shape index (κ3) is 4.17. The van der Waals surface area contributed by atoms with Gasteiger partial charge >= 0.3 is 6.01 Å². The van der Waals surface area contributed by atoms with Crippen molar-refractivity contribution in [1.82, 2.24) is 14.9 Å². The monoisotopic (exact) mass is 464 g/mol. The summed E-state index contributed by atoms with van der Waals surface area (Å²) in [5, 5.41) is 9.84. The molecule has 3 aliphatic rings. The van der Waals surface area contributed by atoms with Crippen LogP contribution in [0.15, 0.2) is 12.1 Å². The van der Waals surface area contributed by atoms with Crippen LogP contribution in [0.4, 0.5) is 11.5 Å². The molecule has 0 saturated carbocycles. The van der Waals surface area contributed by atoms with Gasteiger partial charge in [0, 0.05) is 55.5 Å². The lowest BCUT2D eigenvalue weighted by Gasteiger charge is -2.47. The molecule has 0 bridgehead atoms. The van der Waals surface area contributed by atoms with Gasteiger partial charge in [-0.25, -0.2) is 0 Å². The van der Waals surface area contributed by atoms with E-state index in [0.29, 0.717) is 36.3 Å². The standard InChI is InChI=1S/C25H32N6O3/c1-3-4-16-5-6-20(27)18(12-26)23(16)22-11-21-19(15-34-22)24(29-25(28-21)32-2)31-13-17(14-31)30-7-9-33-10-8-30/h5-6,17,22H,3-4,7-11,13-15,27H2,1-2H3. The van der Waals surface area contributed by atoms with Crippen molar-refractivity contribution in [3.63, 3.8) is 0 Å². The number of aromatic nitrogens is 2. The van der Waals surface area contributed by atoms with Gasteiger partial charge in [0.25, 0.3) is 0 Å². The van der Waals surface area contributed by atoms with Crippen LogP contribution in [0.2, 0.25) is 0 Å². The molecule has 0 amide bonds. The van der Waals surface area contributed by atoms with Crippen LogP contribution in [-0.4, -0.2) is 67.4 Å². The first-order chi connectivity index (χ1) is 16.6. The summed E-state index contributed by atoms with van der Waals surface area (Å²) in [6.45, 7) is 7.93. The Bertz CT molecular complexity index is 1090. The van der Waals surface area contributed by atoms with Gasteiger partial charge in [0.15, 0.2) is 0 Å². The van der Waals surface area contributed by atoms with Crippen LogP contribution in [0.5, 0.6) is 6.01 Å². The largest absolute Gasteiger partial charge is 0.467 e. The van der Waals surface area contributed by atoms with E-state index in [0.717, 1.165) is 80.4 Å². The Balaban J connectivity index is 1.42. The Morgan fingerprint density at radius 1 is 1.24 bits per heavy atom. The van der Waals surface area contributed by atoms with Crippen LogP contribution < -0.4 is 15.4 Å². The molecule has 4 heterocycles. The van der Waals surface area contributed by atoms with Crippen molar-refractivity contribution >= 4 is 11.5 Å². The maximum absolute atomic E-state index is 9.84. The van der Waals surface area contributed by atoms with Gasteiger partial charge in [-0.15, -0.1) is 0 Å². The van der Waals surface area contributed by atoms with Gasteiger partial charge in [-0.2, -0.15) is 15.2 Å². The normalized spacial score (nSPS) is 21.0. The fraction of sp³-hybridized carbons (Fsp3) is 0.560. The highest BCUT2D eigenvalue weighted by atomic mass is 16.5. The minimum absolute atomic E-state index is 0.280. The van der Waals surface area contributed by atoms with E-state index in [9.17, 15) is 5.26 Å². The number of aryl methyl sites for hydroxylation is 1. The number of hydrogen-bond acceptors (Lipinski definition) is 9. The number of benzene rings is 1. The first-order valence-corrected chi connectivity index (χ1v) is 12.1. The first kappa shape index (κ1) is 22.8. The van der Waals surface area contributed by atoms with Gasteiger partial charge in [0.2, 0.25) is 0 Å². The molecule has 1 atom stereocenters. The summed E-state index contributed by atoms with van der Waals surface area (Å²) in [4.78, 5) is 14.2. The van der Waals surface area contributed by atoms with Gasteiger partial charge in [0.05, 0.1) is 44.3 Å². The fourth-order valence-electron chi connectivity index (χ4n) is 5.23. The summed E-state index contributed by atoms with van der Waals surface area (Å²) in [5.41, 5.74) is 11.1. The van der Waals surface area contributed by atoms with E-state index in [1.807, 2.05) is 12.1 Å². The molecule has 2 fully saturated rings. The first-order valence-electron chi connectivity index (χ1n) is 12.1. The average molecular weight is 465 g/mol. The maximum atomic E-state index is 9.84. The van der Waals surface area contributed by atoms with Gasteiger partial charge in [-0.3, -0.25) is 4.90 Å². The van der Waals surface area contributed by atoms with Crippen LogP contribution in [0.1, 0.15) is 47.4 Å². The summed E-state index contributed by atoms with van der Waals surface area (Å²) in [7, 11) is 1.60. The smallest absolute Gasteiger partial charge is 0.318 e. The third-order valence-corrected chi connectivity index (χ3v) is 7.09. The Hall–Kier alpha value is -2.93. The van der Waals surface area contributed by atoms with Gasteiger partial charge in [-0.1, -0.05) is 19.4 Å². The lowest BCUT2D eigenvalue weighted by Crippen LogP contribution is -2.62. The number of rotatable bonds is 6.